The van der Waals surface area contributed by atoms with Crippen LogP contribution in [0.1, 0.15) is 342 Å². The third kappa shape index (κ3) is 68.7. The van der Waals surface area contributed by atoms with Crippen molar-refractivity contribution >= 4 is 17.9 Å². The number of unbranched alkanes of at least 4 members (excludes halogenated alkanes) is 35. The van der Waals surface area contributed by atoms with Crippen LogP contribution in [0.4, 0.5) is 0 Å². The lowest BCUT2D eigenvalue weighted by molar-refractivity contribution is -0.167. The van der Waals surface area contributed by atoms with Crippen LogP contribution in [0, 0.1) is 0 Å². The number of carbonyl (C=O) groups is 3. The number of rotatable bonds is 64. The number of esters is 3. The van der Waals surface area contributed by atoms with Gasteiger partial charge in [0.1, 0.15) is 13.2 Å². The lowest BCUT2D eigenvalue weighted by atomic mass is 10.0. The van der Waals surface area contributed by atoms with Crippen molar-refractivity contribution in [3.63, 3.8) is 0 Å². The SMILES string of the molecule is CC/C=C\C/C=C\C/C=C\C/C=C\CCCCCCCCC(=O)OC(COC(=O)CCCCCCCC/C=C\C/C=C\C/C=C\CCCCC)COC(=O)CCCCCCCCCCCCCCCCC/C=C\C/C=C\CCCCCCC. The molecule has 6 heteroatoms. The van der Waals surface area contributed by atoms with Crippen molar-refractivity contribution in [2.45, 2.75) is 348 Å². The maximum absolute atomic E-state index is 13.0. The molecule has 0 aliphatic carbocycles. The second kappa shape index (κ2) is 70.6. The van der Waals surface area contributed by atoms with Crippen molar-refractivity contribution in [1.29, 1.82) is 0 Å². The van der Waals surface area contributed by atoms with E-state index in [4.69, 9.17) is 14.2 Å². The van der Waals surface area contributed by atoms with Gasteiger partial charge in [0, 0.05) is 19.3 Å². The zero-order valence-electron chi connectivity index (χ0n) is 54.7. The Morgan fingerprint density at radius 2 is 0.470 bits per heavy atom. The van der Waals surface area contributed by atoms with Gasteiger partial charge in [-0.2, -0.15) is 0 Å². The van der Waals surface area contributed by atoms with Crippen LogP contribution in [0.25, 0.3) is 0 Å². The van der Waals surface area contributed by atoms with Crippen LogP contribution in [-0.2, 0) is 28.6 Å². The minimum absolute atomic E-state index is 0.0878. The first-order valence-corrected chi connectivity index (χ1v) is 35.4. The van der Waals surface area contributed by atoms with Gasteiger partial charge in [-0.1, -0.05) is 304 Å². The summed E-state index contributed by atoms with van der Waals surface area (Å²) < 4.78 is 17.0. The minimum Gasteiger partial charge on any atom is -0.462 e. The first-order chi connectivity index (χ1) is 41.0. The number of hydrogen-bond donors (Lipinski definition) is 0. The largest absolute Gasteiger partial charge is 0.462 e. The van der Waals surface area contributed by atoms with E-state index in [0.717, 1.165) is 122 Å². The monoisotopic (exact) mass is 1150 g/mol. The van der Waals surface area contributed by atoms with Crippen molar-refractivity contribution < 1.29 is 28.6 Å². The molecule has 0 spiro atoms. The molecule has 0 saturated carbocycles. The van der Waals surface area contributed by atoms with E-state index >= 15 is 0 Å². The Morgan fingerprint density at radius 3 is 0.759 bits per heavy atom. The Hall–Kier alpha value is -3.93. The molecule has 0 rings (SSSR count). The van der Waals surface area contributed by atoms with Gasteiger partial charge >= 0.3 is 17.9 Å². The van der Waals surface area contributed by atoms with Gasteiger partial charge < -0.3 is 14.2 Å². The summed E-state index contributed by atoms with van der Waals surface area (Å²) in [4.78, 5) is 38.5. The quantitative estimate of drug-likeness (QED) is 0.0261. The van der Waals surface area contributed by atoms with Crippen molar-refractivity contribution in [1.82, 2.24) is 0 Å². The predicted molar refractivity (Wildman–Crippen MR) is 362 cm³/mol. The molecule has 6 nitrogen and oxygen atoms in total. The smallest absolute Gasteiger partial charge is 0.306 e. The summed E-state index contributed by atoms with van der Waals surface area (Å²) in [6.07, 6.45) is 96.8. The lowest BCUT2D eigenvalue weighted by Gasteiger charge is -2.18. The fourth-order valence-electron chi connectivity index (χ4n) is 9.94. The van der Waals surface area contributed by atoms with Gasteiger partial charge in [-0.15, -0.1) is 0 Å². The lowest BCUT2D eigenvalue weighted by Crippen LogP contribution is -2.30. The van der Waals surface area contributed by atoms with Crippen LogP contribution in [-0.4, -0.2) is 37.2 Å². The molecule has 0 aromatic carbocycles. The van der Waals surface area contributed by atoms with E-state index in [9.17, 15) is 14.4 Å². The van der Waals surface area contributed by atoms with E-state index < -0.39 is 6.10 Å². The Kier molecular flexibility index (Phi) is 67.2. The summed E-state index contributed by atoms with van der Waals surface area (Å²) in [6.45, 7) is 6.50. The van der Waals surface area contributed by atoms with Crippen LogP contribution in [0.3, 0.4) is 0 Å². The average molecular weight is 1150 g/mol. The van der Waals surface area contributed by atoms with Crippen LogP contribution >= 0.6 is 0 Å². The highest BCUT2D eigenvalue weighted by Crippen LogP contribution is 2.17. The molecule has 0 heterocycles. The van der Waals surface area contributed by atoms with Gasteiger partial charge in [-0.05, 0) is 128 Å². The Morgan fingerprint density at radius 1 is 0.253 bits per heavy atom. The summed E-state index contributed by atoms with van der Waals surface area (Å²) in [5, 5.41) is 0. The molecule has 0 aliphatic rings. The molecule has 1 atom stereocenters. The summed E-state index contributed by atoms with van der Waals surface area (Å²) >= 11 is 0. The van der Waals surface area contributed by atoms with E-state index in [2.05, 4.69) is 130 Å². The minimum atomic E-state index is -0.795. The molecular formula is C77H132O6. The topological polar surface area (TPSA) is 78.9 Å². The molecule has 0 amide bonds. The molecule has 0 saturated heterocycles. The van der Waals surface area contributed by atoms with Gasteiger partial charge in [0.2, 0.25) is 0 Å². The molecule has 1 unspecified atom stereocenters. The van der Waals surface area contributed by atoms with Crippen LogP contribution in [0.15, 0.2) is 109 Å². The summed E-state index contributed by atoms with van der Waals surface area (Å²) in [5.74, 6) is -0.902. The number of carbonyl (C=O) groups excluding carboxylic acids is 3. The average Bonchev–Trinajstić information content (AvgIpc) is 3.50. The first-order valence-electron chi connectivity index (χ1n) is 35.4. The molecule has 0 radical (unpaired) electrons. The van der Waals surface area contributed by atoms with Crippen molar-refractivity contribution in [3.05, 3.63) is 109 Å². The van der Waals surface area contributed by atoms with Gasteiger partial charge in [0.25, 0.3) is 0 Å². The number of hydrogen-bond acceptors (Lipinski definition) is 6. The molecule has 0 fully saturated rings. The Balaban J connectivity index is 4.37. The fraction of sp³-hybridized carbons (Fsp3) is 0.727. The highest BCUT2D eigenvalue weighted by molar-refractivity contribution is 5.71. The van der Waals surface area contributed by atoms with E-state index in [1.54, 1.807) is 0 Å². The van der Waals surface area contributed by atoms with Crippen LogP contribution in [0.5, 0.6) is 0 Å². The third-order valence-electron chi connectivity index (χ3n) is 15.2. The normalized spacial score (nSPS) is 12.8. The molecule has 0 aromatic rings. The highest BCUT2D eigenvalue weighted by atomic mass is 16.6. The van der Waals surface area contributed by atoms with Gasteiger partial charge in [-0.25, -0.2) is 0 Å². The Labute approximate surface area is 514 Å². The number of allylic oxidation sites excluding steroid dienone is 18. The van der Waals surface area contributed by atoms with E-state index in [1.165, 1.54) is 180 Å². The Bertz CT molecular complexity index is 1660. The fourth-order valence-corrected chi connectivity index (χ4v) is 9.94. The van der Waals surface area contributed by atoms with E-state index in [-0.39, 0.29) is 31.1 Å². The summed E-state index contributed by atoms with van der Waals surface area (Å²) in [5.41, 5.74) is 0. The van der Waals surface area contributed by atoms with Crippen LogP contribution < -0.4 is 0 Å². The molecule has 476 valence electrons. The maximum atomic E-state index is 13.0. The van der Waals surface area contributed by atoms with Gasteiger partial charge in [0.05, 0.1) is 0 Å². The molecule has 0 N–H and O–H groups in total. The van der Waals surface area contributed by atoms with Crippen molar-refractivity contribution in [3.8, 4) is 0 Å². The second-order valence-corrected chi connectivity index (χ2v) is 23.4. The second-order valence-electron chi connectivity index (χ2n) is 23.4. The van der Waals surface area contributed by atoms with E-state index in [1.807, 2.05) is 0 Å². The molecular weight excluding hydrogens is 1020 g/mol. The highest BCUT2D eigenvalue weighted by Gasteiger charge is 2.19. The third-order valence-corrected chi connectivity index (χ3v) is 15.2. The van der Waals surface area contributed by atoms with E-state index in [0.29, 0.717) is 19.3 Å². The zero-order chi connectivity index (χ0) is 59.9. The van der Waals surface area contributed by atoms with Gasteiger partial charge in [0.15, 0.2) is 6.10 Å². The maximum Gasteiger partial charge on any atom is 0.306 e. The van der Waals surface area contributed by atoms with Crippen molar-refractivity contribution in [2.24, 2.45) is 0 Å². The number of ether oxygens (including phenoxy) is 3. The molecule has 83 heavy (non-hydrogen) atoms. The zero-order valence-corrected chi connectivity index (χ0v) is 54.7. The molecule has 0 aromatic heterocycles. The first kappa shape index (κ1) is 79.1. The van der Waals surface area contributed by atoms with Gasteiger partial charge in [-0.3, -0.25) is 14.4 Å². The predicted octanol–water partition coefficient (Wildman–Crippen LogP) is 24.6. The molecule has 0 bridgehead atoms. The summed E-state index contributed by atoms with van der Waals surface area (Å²) in [6, 6.07) is 0. The molecule has 0 aliphatic heterocycles. The summed E-state index contributed by atoms with van der Waals surface area (Å²) in [7, 11) is 0. The standard InChI is InChI=1S/C77H132O6/c1-4-7-10-13-16-19-22-25-28-31-34-35-36-37-38-39-40-41-44-46-49-52-55-58-61-64-67-70-76(79)82-73-74(83-77(80)71-68-65-62-59-56-53-50-47-43-33-30-27-24-21-18-15-12-9-6-3)72-81-75(78)69-66-63-60-57-54-51-48-45-42-32-29-26-23-20-17-14-11-8-5-2/h9,12,17-18,20-22,25-27,29-31,34,42-43,45,47,74H,4-8,10-11,13-16,19,23-24,28,32-33,35-41,44,46,48-73H2,1-3H3/b12-9-,20-17-,21-18-,25-22-,29-26-,30-27-,34-31-,45-42-,47-43-. The van der Waals surface area contributed by atoms with Crippen molar-refractivity contribution in [2.75, 3.05) is 13.2 Å². The van der Waals surface area contributed by atoms with Crippen LogP contribution in [0.2, 0.25) is 0 Å².